The lowest BCUT2D eigenvalue weighted by Crippen LogP contribution is -2.40. The van der Waals surface area contributed by atoms with Crippen LogP contribution in [0, 0.1) is 5.82 Å². The number of nitrogens with one attached hydrogen (secondary N) is 1. The van der Waals surface area contributed by atoms with Crippen molar-refractivity contribution in [1.29, 1.82) is 0 Å². The number of ether oxygens (including phenoxy) is 1. The van der Waals surface area contributed by atoms with Crippen LogP contribution in [0.1, 0.15) is 12.5 Å². The number of carboxylic acid groups (broad SMARTS) is 1. The van der Waals surface area contributed by atoms with E-state index in [1.165, 1.54) is 26.2 Å². The summed E-state index contributed by atoms with van der Waals surface area (Å²) in [6, 6.07) is 12.6. The Morgan fingerprint density at radius 2 is 1.95 bits per heavy atom. The van der Waals surface area contributed by atoms with Crippen LogP contribution in [0.4, 0.5) is 10.1 Å². The Labute approximate surface area is 122 Å². The summed E-state index contributed by atoms with van der Waals surface area (Å²) in [5.41, 5.74) is -0.876. The fourth-order valence-corrected chi connectivity index (χ4v) is 2.02. The van der Waals surface area contributed by atoms with Crippen LogP contribution >= 0.6 is 0 Å². The second-order valence-electron chi connectivity index (χ2n) is 4.77. The van der Waals surface area contributed by atoms with E-state index < -0.39 is 17.3 Å². The Balaban J connectivity index is 2.45. The summed E-state index contributed by atoms with van der Waals surface area (Å²) >= 11 is 0. The molecule has 2 rings (SSSR count). The molecule has 0 fully saturated rings. The van der Waals surface area contributed by atoms with Crippen LogP contribution in [0.15, 0.2) is 48.5 Å². The van der Waals surface area contributed by atoms with E-state index in [-0.39, 0.29) is 5.69 Å². The van der Waals surface area contributed by atoms with Gasteiger partial charge in [0.25, 0.3) is 0 Å². The summed E-state index contributed by atoms with van der Waals surface area (Å²) in [5, 5.41) is 12.3. The number of hydrogen-bond acceptors (Lipinski definition) is 3. The van der Waals surface area contributed by atoms with Crippen molar-refractivity contribution in [1.82, 2.24) is 0 Å². The van der Waals surface area contributed by atoms with Crippen molar-refractivity contribution in [3.63, 3.8) is 0 Å². The minimum absolute atomic E-state index is 0.130. The van der Waals surface area contributed by atoms with Crippen LogP contribution in [0.25, 0.3) is 0 Å². The third-order valence-corrected chi connectivity index (χ3v) is 3.33. The molecule has 1 unspecified atom stereocenters. The number of rotatable bonds is 5. The molecule has 1 atom stereocenters. The minimum atomic E-state index is -1.48. The lowest BCUT2D eigenvalue weighted by atomic mass is 9.91. The SMILES string of the molecule is COc1cccc(C(C)(Nc2ccccc2F)C(=O)O)c1. The largest absolute Gasteiger partial charge is 0.497 e. The van der Waals surface area contributed by atoms with Crippen LogP contribution in [0.5, 0.6) is 5.75 Å². The van der Waals surface area contributed by atoms with E-state index in [1.807, 2.05) is 0 Å². The quantitative estimate of drug-likeness (QED) is 0.887. The first-order valence-electron chi connectivity index (χ1n) is 6.38. The van der Waals surface area contributed by atoms with E-state index in [2.05, 4.69) is 5.32 Å². The van der Waals surface area contributed by atoms with Crippen LogP contribution in [0.3, 0.4) is 0 Å². The van der Waals surface area contributed by atoms with Crippen molar-refractivity contribution in [2.75, 3.05) is 12.4 Å². The zero-order chi connectivity index (χ0) is 15.5. The molecule has 0 aromatic heterocycles. The minimum Gasteiger partial charge on any atom is -0.497 e. The first-order valence-corrected chi connectivity index (χ1v) is 6.38. The molecule has 2 aromatic rings. The number of anilines is 1. The molecule has 5 heteroatoms. The highest BCUT2D eigenvalue weighted by Gasteiger charge is 2.36. The Hall–Kier alpha value is -2.56. The van der Waals surface area contributed by atoms with Crippen molar-refractivity contribution < 1.29 is 19.0 Å². The topological polar surface area (TPSA) is 58.6 Å². The molecule has 2 aromatic carbocycles. The molecule has 0 aliphatic rings. The van der Waals surface area contributed by atoms with Gasteiger partial charge >= 0.3 is 5.97 Å². The molecule has 2 N–H and O–H groups in total. The smallest absolute Gasteiger partial charge is 0.333 e. The fraction of sp³-hybridized carbons (Fsp3) is 0.188. The Morgan fingerprint density at radius 1 is 1.24 bits per heavy atom. The van der Waals surface area contributed by atoms with E-state index in [0.717, 1.165) is 0 Å². The number of benzene rings is 2. The van der Waals surface area contributed by atoms with Gasteiger partial charge in [-0.1, -0.05) is 24.3 Å². The molecule has 0 radical (unpaired) electrons. The molecular weight excluding hydrogens is 273 g/mol. The summed E-state index contributed by atoms with van der Waals surface area (Å²) < 4.78 is 18.9. The Bertz CT molecular complexity index is 659. The van der Waals surface area contributed by atoms with Gasteiger partial charge in [-0.3, -0.25) is 0 Å². The van der Waals surface area contributed by atoms with Gasteiger partial charge in [0, 0.05) is 0 Å². The van der Waals surface area contributed by atoms with Crippen LogP contribution in [0.2, 0.25) is 0 Å². The van der Waals surface area contributed by atoms with E-state index >= 15 is 0 Å². The van der Waals surface area contributed by atoms with Gasteiger partial charge in [-0.25, -0.2) is 9.18 Å². The summed E-state index contributed by atoms with van der Waals surface area (Å²) in [5.74, 6) is -1.08. The van der Waals surface area contributed by atoms with Gasteiger partial charge in [-0.15, -0.1) is 0 Å². The molecule has 0 aliphatic carbocycles. The summed E-state index contributed by atoms with van der Waals surface area (Å²) in [6.45, 7) is 1.48. The van der Waals surface area contributed by atoms with Gasteiger partial charge in [-0.05, 0) is 36.8 Å². The molecule has 0 amide bonds. The van der Waals surface area contributed by atoms with Gasteiger partial charge in [0.1, 0.15) is 11.6 Å². The van der Waals surface area contributed by atoms with Gasteiger partial charge in [0.05, 0.1) is 12.8 Å². The van der Waals surface area contributed by atoms with Crippen molar-refractivity contribution >= 4 is 11.7 Å². The molecule has 4 nitrogen and oxygen atoms in total. The zero-order valence-corrected chi connectivity index (χ0v) is 11.8. The molecule has 0 spiro atoms. The van der Waals surface area contributed by atoms with E-state index in [1.54, 1.807) is 36.4 Å². The van der Waals surface area contributed by atoms with Crippen molar-refractivity contribution in [3.8, 4) is 5.75 Å². The molecule has 0 bridgehead atoms. The van der Waals surface area contributed by atoms with Crippen LogP contribution < -0.4 is 10.1 Å². The third-order valence-electron chi connectivity index (χ3n) is 3.33. The Morgan fingerprint density at radius 3 is 2.57 bits per heavy atom. The van der Waals surface area contributed by atoms with Crippen molar-refractivity contribution in [2.45, 2.75) is 12.5 Å². The molecule has 0 heterocycles. The molecule has 110 valence electrons. The normalized spacial score (nSPS) is 13.3. The van der Waals surface area contributed by atoms with Crippen molar-refractivity contribution in [3.05, 3.63) is 59.9 Å². The summed E-state index contributed by atoms with van der Waals surface area (Å²) in [6.07, 6.45) is 0. The maximum atomic E-state index is 13.8. The average Bonchev–Trinajstić information content (AvgIpc) is 2.49. The highest BCUT2D eigenvalue weighted by atomic mass is 19.1. The maximum Gasteiger partial charge on any atom is 0.333 e. The predicted octanol–water partition coefficient (Wildman–Crippen LogP) is 3.25. The molecular formula is C16H16FNO3. The van der Waals surface area contributed by atoms with Gasteiger partial charge < -0.3 is 15.2 Å². The highest BCUT2D eigenvalue weighted by Crippen LogP contribution is 2.30. The van der Waals surface area contributed by atoms with E-state index in [0.29, 0.717) is 11.3 Å². The number of carboxylic acids is 1. The van der Waals surface area contributed by atoms with Crippen LogP contribution in [-0.4, -0.2) is 18.2 Å². The number of methoxy groups -OCH3 is 1. The second kappa shape index (κ2) is 5.83. The summed E-state index contributed by atoms with van der Waals surface area (Å²) in [4.78, 5) is 11.7. The van der Waals surface area contributed by atoms with Gasteiger partial charge in [-0.2, -0.15) is 0 Å². The number of hydrogen-bond donors (Lipinski definition) is 2. The van der Waals surface area contributed by atoms with Crippen LogP contribution in [-0.2, 0) is 10.3 Å². The molecule has 21 heavy (non-hydrogen) atoms. The number of aliphatic carboxylic acids is 1. The lowest BCUT2D eigenvalue weighted by Gasteiger charge is -2.28. The average molecular weight is 289 g/mol. The van der Waals surface area contributed by atoms with Gasteiger partial charge in [0.2, 0.25) is 0 Å². The first kappa shape index (κ1) is 14.8. The van der Waals surface area contributed by atoms with E-state index in [4.69, 9.17) is 4.74 Å². The van der Waals surface area contributed by atoms with E-state index in [9.17, 15) is 14.3 Å². The third kappa shape index (κ3) is 2.97. The maximum absolute atomic E-state index is 13.8. The number of carbonyl (C=O) groups is 1. The van der Waals surface area contributed by atoms with Crippen molar-refractivity contribution in [2.24, 2.45) is 0 Å². The second-order valence-corrected chi connectivity index (χ2v) is 4.77. The number of halogens is 1. The molecule has 0 aliphatic heterocycles. The standard InChI is InChI=1S/C16H16FNO3/c1-16(15(19)20,11-6-5-7-12(10-11)21-2)18-14-9-4-3-8-13(14)17/h3-10,18H,1-2H3,(H,19,20). The monoisotopic (exact) mass is 289 g/mol. The Kier molecular flexibility index (Phi) is 4.12. The lowest BCUT2D eigenvalue weighted by molar-refractivity contribution is -0.142. The summed E-state index contributed by atoms with van der Waals surface area (Å²) in [7, 11) is 1.50. The predicted molar refractivity (Wildman–Crippen MR) is 78.0 cm³/mol. The first-order chi connectivity index (χ1) is 9.97. The number of para-hydroxylation sites is 1. The zero-order valence-electron chi connectivity index (χ0n) is 11.8. The highest BCUT2D eigenvalue weighted by molar-refractivity contribution is 5.84. The fourth-order valence-electron chi connectivity index (χ4n) is 2.02. The molecule has 0 saturated heterocycles. The van der Waals surface area contributed by atoms with Gasteiger partial charge in [0.15, 0.2) is 5.54 Å². The molecule has 0 saturated carbocycles.